The highest BCUT2D eigenvalue weighted by Gasteiger charge is 2.09. The minimum absolute atomic E-state index is 0.539. The zero-order chi connectivity index (χ0) is 13.7. The molecule has 0 saturated heterocycles. The number of aromatic nitrogens is 2. The zero-order valence-electron chi connectivity index (χ0n) is 10.7. The van der Waals surface area contributed by atoms with Crippen molar-refractivity contribution in [2.24, 2.45) is 0 Å². The van der Waals surface area contributed by atoms with Crippen LogP contribution in [0, 0.1) is 0 Å². The molecule has 19 heavy (non-hydrogen) atoms. The molecule has 98 valence electrons. The summed E-state index contributed by atoms with van der Waals surface area (Å²) < 4.78 is 1.86. The fourth-order valence-corrected chi connectivity index (χ4v) is 2.02. The first kappa shape index (κ1) is 13.6. The molecule has 0 amide bonds. The van der Waals surface area contributed by atoms with E-state index in [9.17, 15) is 4.79 Å². The fourth-order valence-electron chi connectivity index (χ4n) is 1.82. The van der Waals surface area contributed by atoms with Crippen molar-refractivity contribution >= 4 is 24.0 Å². The van der Waals surface area contributed by atoms with Crippen molar-refractivity contribution in [1.82, 2.24) is 9.55 Å². The van der Waals surface area contributed by atoms with Crippen LogP contribution in [-0.2, 0) is 6.54 Å². The predicted octanol–water partition coefficient (Wildman–Crippen LogP) is 3.82. The van der Waals surface area contributed by atoms with Gasteiger partial charge in [-0.15, -0.1) is 0 Å². The molecule has 0 aliphatic carbocycles. The lowest BCUT2D eigenvalue weighted by molar-refractivity contribution is 0.111. The van der Waals surface area contributed by atoms with Gasteiger partial charge in [-0.25, -0.2) is 4.98 Å². The Morgan fingerprint density at radius 2 is 2.16 bits per heavy atom. The molecule has 0 N–H and O–H groups in total. The van der Waals surface area contributed by atoms with E-state index in [-0.39, 0.29) is 0 Å². The van der Waals surface area contributed by atoms with Crippen LogP contribution >= 0.6 is 11.6 Å². The van der Waals surface area contributed by atoms with Crippen molar-refractivity contribution in [2.45, 2.75) is 19.9 Å². The van der Waals surface area contributed by atoms with Crippen LogP contribution in [0.5, 0.6) is 0 Å². The summed E-state index contributed by atoms with van der Waals surface area (Å²) in [5, 5.41) is 0.693. The van der Waals surface area contributed by atoms with E-state index in [2.05, 4.69) is 11.9 Å². The largest absolute Gasteiger partial charge is 0.318 e. The molecule has 3 nitrogen and oxygen atoms in total. The van der Waals surface area contributed by atoms with E-state index in [0.29, 0.717) is 17.3 Å². The number of aldehydes is 1. The zero-order valence-corrected chi connectivity index (χ0v) is 11.5. The van der Waals surface area contributed by atoms with Gasteiger partial charge >= 0.3 is 0 Å². The molecule has 0 unspecified atom stereocenters. The van der Waals surface area contributed by atoms with Crippen LogP contribution in [0.2, 0.25) is 5.02 Å². The molecule has 1 heterocycles. The van der Waals surface area contributed by atoms with E-state index in [1.165, 1.54) is 0 Å². The van der Waals surface area contributed by atoms with Gasteiger partial charge < -0.3 is 4.57 Å². The molecule has 0 fully saturated rings. The summed E-state index contributed by atoms with van der Waals surface area (Å²) in [4.78, 5) is 15.3. The molecule has 0 atom stereocenters. The molecule has 0 radical (unpaired) electrons. The second kappa shape index (κ2) is 6.34. The molecule has 2 aromatic rings. The van der Waals surface area contributed by atoms with Gasteiger partial charge in [-0.05, 0) is 24.1 Å². The average Bonchev–Trinajstić information content (AvgIpc) is 2.81. The van der Waals surface area contributed by atoms with Crippen molar-refractivity contribution in [3.8, 4) is 0 Å². The molecule has 0 saturated carbocycles. The quantitative estimate of drug-likeness (QED) is 0.777. The van der Waals surface area contributed by atoms with Crippen LogP contribution in [0.4, 0.5) is 0 Å². The van der Waals surface area contributed by atoms with Crippen molar-refractivity contribution in [3.05, 3.63) is 58.6 Å². The van der Waals surface area contributed by atoms with Crippen molar-refractivity contribution in [3.63, 3.8) is 0 Å². The number of imidazole rings is 1. The molecule has 0 spiro atoms. The van der Waals surface area contributed by atoms with Gasteiger partial charge in [0.15, 0.2) is 6.29 Å². The van der Waals surface area contributed by atoms with Gasteiger partial charge in [0.25, 0.3) is 0 Å². The third kappa shape index (κ3) is 3.12. The minimum Gasteiger partial charge on any atom is -0.318 e. The highest BCUT2D eigenvalue weighted by atomic mass is 35.5. The number of carbonyl (C=O) groups excluding carboxylic acids is 1. The van der Waals surface area contributed by atoms with Crippen molar-refractivity contribution in [1.29, 1.82) is 0 Å². The van der Waals surface area contributed by atoms with E-state index in [1.54, 1.807) is 6.20 Å². The summed E-state index contributed by atoms with van der Waals surface area (Å²) in [7, 11) is 0. The second-order valence-corrected chi connectivity index (χ2v) is 4.55. The smallest absolute Gasteiger partial charge is 0.168 e. The van der Waals surface area contributed by atoms with Gasteiger partial charge in [0.05, 0.1) is 12.7 Å². The Morgan fingerprint density at radius 3 is 2.84 bits per heavy atom. The topological polar surface area (TPSA) is 34.9 Å². The van der Waals surface area contributed by atoms with E-state index in [4.69, 9.17) is 11.6 Å². The summed E-state index contributed by atoms with van der Waals surface area (Å²) in [6.45, 7) is 2.59. The Kier molecular flexibility index (Phi) is 4.53. The summed E-state index contributed by atoms with van der Waals surface area (Å²) >= 11 is 6.15. The van der Waals surface area contributed by atoms with Gasteiger partial charge in [-0.2, -0.15) is 0 Å². The lowest BCUT2D eigenvalue weighted by Gasteiger charge is -2.09. The predicted molar refractivity (Wildman–Crippen MR) is 77.5 cm³/mol. The number of carbonyl (C=O) groups is 1. The summed E-state index contributed by atoms with van der Waals surface area (Å²) in [6, 6.07) is 7.61. The number of hydrogen-bond donors (Lipinski definition) is 0. The molecule has 1 aromatic carbocycles. The van der Waals surface area contributed by atoms with Crippen molar-refractivity contribution < 1.29 is 4.79 Å². The molecule has 2 rings (SSSR count). The first-order valence-corrected chi connectivity index (χ1v) is 6.54. The first-order valence-electron chi connectivity index (χ1n) is 6.17. The van der Waals surface area contributed by atoms with E-state index < -0.39 is 0 Å². The summed E-state index contributed by atoms with van der Waals surface area (Å²) in [5.74, 6) is 0.767. The maximum absolute atomic E-state index is 11.1. The van der Waals surface area contributed by atoms with Crippen LogP contribution < -0.4 is 0 Å². The maximum atomic E-state index is 11.1. The molecule has 4 heteroatoms. The van der Waals surface area contributed by atoms with E-state index >= 15 is 0 Å². The third-order valence-electron chi connectivity index (χ3n) is 2.83. The number of allylic oxidation sites excluding steroid dienone is 1. The Bertz CT molecular complexity index is 602. The molecular formula is C15H15ClN2O. The van der Waals surface area contributed by atoms with Gasteiger partial charge in [0, 0.05) is 5.02 Å². The molecule has 0 bridgehead atoms. The number of halogens is 1. The standard InChI is InChI=1S/C15H15ClN2O/c1-2-3-8-15-17-9-13(11-19)18(15)10-12-6-4-5-7-14(12)16/h3-9,11H,2,10H2,1H3/b8-3+. The fraction of sp³-hybridized carbons (Fsp3) is 0.200. The SMILES string of the molecule is CC/C=C/c1ncc(C=O)n1Cc1ccccc1Cl. The lowest BCUT2D eigenvalue weighted by atomic mass is 10.2. The molecule has 0 aliphatic heterocycles. The van der Waals surface area contributed by atoms with Crippen LogP contribution in [0.15, 0.2) is 36.5 Å². The second-order valence-electron chi connectivity index (χ2n) is 4.15. The number of rotatable bonds is 5. The Balaban J connectivity index is 2.38. The lowest BCUT2D eigenvalue weighted by Crippen LogP contribution is -2.06. The molecule has 0 aliphatic rings. The summed E-state index contributed by atoms with van der Waals surface area (Å²) in [6.07, 6.45) is 7.26. The Hall–Kier alpha value is -1.87. The highest BCUT2D eigenvalue weighted by Crippen LogP contribution is 2.18. The monoisotopic (exact) mass is 274 g/mol. The minimum atomic E-state index is 0.539. The first-order chi connectivity index (χ1) is 9.26. The number of benzene rings is 1. The number of nitrogens with zero attached hydrogens (tertiary/aromatic N) is 2. The summed E-state index contributed by atoms with van der Waals surface area (Å²) in [5.41, 5.74) is 1.52. The number of hydrogen-bond acceptors (Lipinski definition) is 2. The molecular weight excluding hydrogens is 260 g/mol. The molecule has 1 aromatic heterocycles. The van der Waals surface area contributed by atoms with Gasteiger partial charge in [0.1, 0.15) is 11.5 Å². The van der Waals surface area contributed by atoms with Crippen molar-refractivity contribution in [2.75, 3.05) is 0 Å². The van der Waals surface area contributed by atoms with Gasteiger partial charge in [0.2, 0.25) is 0 Å². The van der Waals surface area contributed by atoms with Crippen LogP contribution in [0.1, 0.15) is 35.2 Å². The Labute approximate surface area is 117 Å². The van der Waals surface area contributed by atoms with E-state index in [1.807, 2.05) is 41.0 Å². The van der Waals surface area contributed by atoms with Gasteiger partial charge in [-0.3, -0.25) is 4.79 Å². The average molecular weight is 275 g/mol. The third-order valence-corrected chi connectivity index (χ3v) is 3.20. The van der Waals surface area contributed by atoms with Crippen LogP contribution in [0.3, 0.4) is 0 Å². The maximum Gasteiger partial charge on any atom is 0.168 e. The Morgan fingerprint density at radius 1 is 1.37 bits per heavy atom. The van der Waals surface area contributed by atoms with E-state index in [0.717, 1.165) is 24.1 Å². The van der Waals surface area contributed by atoms with Crippen LogP contribution in [0.25, 0.3) is 6.08 Å². The van der Waals surface area contributed by atoms with Crippen LogP contribution in [-0.4, -0.2) is 15.8 Å². The van der Waals surface area contributed by atoms with Gasteiger partial charge in [-0.1, -0.05) is 42.8 Å². The highest BCUT2D eigenvalue weighted by molar-refractivity contribution is 6.31. The normalized spacial score (nSPS) is 11.1.